The fraction of sp³-hybridized carbons (Fsp3) is 0.588. The van der Waals surface area contributed by atoms with Crippen LogP contribution in [0.25, 0.3) is 0 Å². The van der Waals surface area contributed by atoms with Crippen LogP contribution < -0.4 is 0 Å². The molecule has 0 unspecified atom stereocenters. The van der Waals surface area contributed by atoms with E-state index < -0.39 is 10.0 Å². The molecular formula is C17H25ClN2O3S. The van der Waals surface area contributed by atoms with Crippen molar-refractivity contribution < 1.29 is 13.2 Å². The Bertz CT molecular complexity index is 696. The first-order chi connectivity index (χ1) is 11.2. The number of amides is 1. The maximum Gasteiger partial charge on any atom is 0.255 e. The van der Waals surface area contributed by atoms with Crippen molar-refractivity contribution in [1.82, 2.24) is 9.21 Å². The van der Waals surface area contributed by atoms with E-state index in [1.54, 1.807) is 11.9 Å². The van der Waals surface area contributed by atoms with E-state index in [1.165, 1.54) is 45.1 Å². The summed E-state index contributed by atoms with van der Waals surface area (Å²) in [6.45, 7) is 0. The number of carbonyl (C=O) groups is 1. The van der Waals surface area contributed by atoms with Crippen molar-refractivity contribution in [2.75, 3.05) is 21.1 Å². The summed E-state index contributed by atoms with van der Waals surface area (Å²) >= 11 is 6.18. The number of hydrogen-bond acceptors (Lipinski definition) is 3. The minimum atomic E-state index is -3.60. The van der Waals surface area contributed by atoms with Crippen LogP contribution in [-0.2, 0) is 10.0 Å². The fourth-order valence-corrected chi connectivity index (χ4v) is 4.17. The largest absolute Gasteiger partial charge is 0.339 e. The standard InChI is InChI=1S/C17H25ClN2O3S/c1-19(2)24(22,23)14-10-11-16(18)15(12-14)17(21)20(3)13-8-6-4-5-7-9-13/h10-13H,4-9H2,1-3H3. The number of benzene rings is 1. The summed E-state index contributed by atoms with van der Waals surface area (Å²) in [5, 5.41) is 0.276. The molecule has 1 fully saturated rings. The predicted molar refractivity (Wildman–Crippen MR) is 95.9 cm³/mol. The molecule has 1 aliphatic rings. The lowest BCUT2D eigenvalue weighted by Gasteiger charge is -2.27. The van der Waals surface area contributed by atoms with Crippen molar-refractivity contribution >= 4 is 27.5 Å². The predicted octanol–water partition coefficient (Wildman–Crippen LogP) is 3.39. The van der Waals surface area contributed by atoms with Crippen molar-refractivity contribution in [1.29, 1.82) is 0 Å². The van der Waals surface area contributed by atoms with Gasteiger partial charge in [0.15, 0.2) is 0 Å². The monoisotopic (exact) mass is 372 g/mol. The van der Waals surface area contributed by atoms with E-state index >= 15 is 0 Å². The van der Waals surface area contributed by atoms with Gasteiger partial charge in [0.1, 0.15) is 0 Å². The molecule has 1 amide bonds. The SMILES string of the molecule is CN(C(=O)c1cc(S(=O)(=O)N(C)C)ccc1Cl)C1CCCCCC1. The Labute approximate surface area is 149 Å². The van der Waals surface area contributed by atoms with Crippen LogP contribution in [-0.4, -0.2) is 50.7 Å². The van der Waals surface area contributed by atoms with Crippen molar-refractivity contribution in [2.24, 2.45) is 0 Å². The van der Waals surface area contributed by atoms with E-state index in [0.717, 1.165) is 30.0 Å². The number of nitrogens with zero attached hydrogens (tertiary/aromatic N) is 2. The fourth-order valence-electron chi connectivity index (χ4n) is 3.04. The zero-order valence-electron chi connectivity index (χ0n) is 14.5. The van der Waals surface area contributed by atoms with Crippen molar-refractivity contribution in [2.45, 2.75) is 49.5 Å². The summed E-state index contributed by atoms with van der Waals surface area (Å²) in [5.74, 6) is -0.220. The Morgan fingerprint density at radius 3 is 2.21 bits per heavy atom. The van der Waals surface area contributed by atoms with Gasteiger partial charge < -0.3 is 4.90 Å². The average Bonchev–Trinajstić information content (AvgIpc) is 2.82. The molecule has 0 heterocycles. The van der Waals surface area contributed by atoms with Crippen molar-refractivity contribution in [3.63, 3.8) is 0 Å². The molecule has 0 aliphatic heterocycles. The Morgan fingerprint density at radius 1 is 1.08 bits per heavy atom. The highest BCUT2D eigenvalue weighted by Gasteiger charge is 2.26. The highest BCUT2D eigenvalue weighted by Crippen LogP contribution is 2.26. The zero-order chi connectivity index (χ0) is 17.9. The van der Waals surface area contributed by atoms with E-state index in [-0.39, 0.29) is 27.4 Å². The van der Waals surface area contributed by atoms with Gasteiger partial charge in [-0.2, -0.15) is 0 Å². The van der Waals surface area contributed by atoms with E-state index in [2.05, 4.69) is 0 Å². The molecule has 0 aromatic heterocycles. The molecule has 134 valence electrons. The van der Waals surface area contributed by atoms with Gasteiger partial charge in [0.05, 0.1) is 15.5 Å². The summed E-state index contributed by atoms with van der Waals surface area (Å²) in [6.07, 6.45) is 6.60. The van der Waals surface area contributed by atoms with Gasteiger partial charge in [-0.25, -0.2) is 12.7 Å². The maximum absolute atomic E-state index is 12.9. The Balaban J connectivity index is 2.31. The normalized spacial score (nSPS) is 16.9. The first-order valence-corrected chi connectivity index (χ1v) is 10.1. The van der Waals surface area contributed by atoms with E-state index in [0.29, 0.717) is 0 Å². The lowest BCUT2D eigenvalue weighted by molar-refractivity contribution is 0.0717. The second-order valence-electron chi connectivity index (χ2n) is 6.49. The topological polar surface area (TPSA) is 57.7 Å². The Hall–Kier alpha value is -1.11. The molecule has 0 saturated heterocycles. The third-order valence-corrected chi connectivity index (χ3v) is 6.78. The van der Waals surface area contributed by atoms with Gasteiger partial charge in [0.25, 0.3) is 5.91 Å². The van der Waals surface area contributed by atoms with Crippen LogP contribution in [0.3, 0.4) is 0 Å². The van der Waals surface area contributed by atoms with Crippen molar-refractivity contribution in [3.8, 4) is 0 Å². The van der Waals surface area contributed by atoms with Gasteiger partial charge in [-0.3, -0.25) is 4.79 Å². The van der Waals surface area contributed by atoms with Gasteiger partial charge in [0.2, 0.25) is 10.0 Å². The van der Waals surface area contributed by atoms with Gasteiger partial charge in [-0.05, 0) is 31.0 Å². The van der Waals surface area contributed by atoms with Gasteiger partial charge >= 0.3 is 0 Å². The molecular weight excluding hydrogens is 348 g/mol. The molecule has 1 saturated carbocycles. The van der Waals surface area contributed by atoms with Gasteiger partial charge in [0, 0.05) is 27.2 Å². The van der Waals surface area contributed by atoms with Crippen LogP contribution in [0.1, 0.15) is 48.9 Å². The molecule has 5 nitrogen and oxygen atoms in total. The second-order valence-corrected chi connectivity index (χ2v) is 9.05. The number of halogens is 1. The van der Waals surface area contributed by atoms with Crippen LogP contribution in [0, 0.1) is 0 Å². The molecule has 0 radical (unpaired) electrons. The van der Waals surface area contributed by atoms with Gasteiger partial charge in [-0.1, -0.05) is 37.3 Å². The smallest absolute Gasteiger partial charge is 0.255 e. The number of sulfonamides is 1. The highest BCUT2D eigenvalue weighted by atomic mass is 35.5. The summed E-state index contributed by atoms with van der Waals surface area (Å²) in [7, 11) is 1.10. The van der Waals surface area contributed by atoms with Crippen LogP contribution >= 0.6 is 11.6 Å². The molecule has 2 rings (SSSR count). The van der Waals surface area contributed by atoms with Crippen LogP contribution in [0.5, 0.6) is 0 Å². The lowest BCUT2D eigenvalue weighted by Crippen LogP contribution is -2.37. The number of rotatable bonds is 4. The molecule has 1 aliphatic carbocycles. The van der Waals surface area contributed by atoms with Crippen molar-refractivity contribution in [3.05, 3.63) is 28.8 Å². The first kappa shape index (κ1) is 19.2. The van der Waals surface area contributed by atoms with E-state index in [4.69, 9.17) is 11.6 Å². The Morgan fingerprint density at radius 2 is 1.67 bits per heavy atom. The molecule has 0 atom stereocenters. The summed E-state index contributed by atoms with van der Waals surface area (Å²) in [5.41, 5.74) is 0.242. The third kappa shape index (κ3) is 4.10. The van der Waals surface area contributed by atoms with E-state index in [9.17, 15) is 13.2 Å². The average molecular weight is 373 g/mol. The lowest BCUT2D eigenvalue weighted by atomic mass is 10.1. The van der Waals surface area contributed by atoms with Gasteiger partial charge in [-0.15, -0.1) is 0 Å². The van der Waals surface area contributed by atoms with Crippen LogP contribution in [0.4, 0.5) is 0 Å². The molecule has 0 spiro atoms. The Kier molecular flexibility index (Phi) is 6.28. The minimum Gasteiger partial charge on any atom is -0.339 e. The first-order valence-electron chi connectivity index (χ1n) is 8.24. The molecule has 0 bridgehead atoms. The van der Waals surface area contributed by atoms with Crippen LogP contribution in [0.15, 0.2) is 23.1 Å². The third-order valence-electron chi connectivity index (χ3n) is 4.64. The highest BCUT2D eigenvalue weighted by molar-refractivity contribution is 7.89. The maximum atomic E-state index is 12.9. The summed E-state index contributed by atoms with van der Waals surface area (Å²) in [6, 6.07) is 4.48. The molecule has 0 N–H and O–H groups in total. The molecule has 24 heavy (non-hydrogen) atoms. The van der Waals surface area contributed by atoms with E-state index in [1.807, 2.05) is 0 Å². The summed E-state index contributed by atoms with van der Waals surface area (Å²) in [4.78, 5) is 14.7. The van der Waals surface area contributed by atoms with Crippen LogP contribution in [0.2, 0.25) is 5.02 Å². The summed E-state index contributed by atoms with van der Waals surface area (Å²) < 4.78 is 25.7. The molecule has 1 aromatic rings. The quantitative estimate of drug-likeness (QED) is 0.761. The second kappa shape index (κ2) is 7.85. The molecule has 7 heteroatoms. The minimum absolute atomic E-state index is 0.0783. The number of hydrogen-bond donors (Lipinski definition) is 0. The zero-order valence-corrected chi connectivity index (χ0v) is 16.0. The molecule has 1 aromatic carbocycles. The number of carbonyl (C=O) groups excluding carboxylic acids is 1.